The monoisotopic (exact) mass is 325 g/mol. The van der Waals surface area contributed by atoms with Gasteiger partial charge in [-0.25, -0.2) is 0 Å². The lowest BCUT2D eigenvalue weighted by atomic mass is 10.1. The van der Waals surface area contributed by atoms with Crippen LogP contribution in [-0.2, 0) is 11.2 Å². The number of rotatable bonds is 3. The summed E-state index contributed by atoms with van der Waals surface area (Å²) in [6, 6.07) is 7.23. The number of nitrogens with zero attached hydrogens (tertiary/aromatic N) is 2. The average Bonchev–Trinajstić information content (AvgIpc) is 3.33. The normalized spacial score (nSPS) is 17.1. The Morgan fingerprint density at radius 1 is 1.21 bits per heavy atom. The molecule has 1 N–H and O–H groups in total. The molecule has 6 heteroatoms. The first-order chi connectivity index (χ1) is 11.7. The second kappa shape index (κ2) is 6.11. The van der Waals surface area contributed by atoms with Gasteiger partial charge in [-0.05, 0) is 37.0 Å². The van der Waals surface area contributed by atoms with E-state index in [1.54, 1.807) is 0 Å². The van der Waals surface area contributed by atoms with Crippen LogP contribution in [0.3, 0.4) is 0 Å². The summed E-state index contributed by atoms with van der Waals surface area (Å²) in [6.07, 6.45) is 6.57. The first-order valence-electron chi connectivity index (χ1n) is 8.39. The number of anilines is 2. The fraction of sp³-hybridized carbons (Fsp3) is 0.389. The van der Waals surface area contributed by atoms with Gasteiger partial charge < -0.3 is 14.7 Å². The number of amides is 2. The molecule has 1 aliphatic carbocycles. The molecule has 4 rings (SSSR count). The predicted molar refractivity (Wildman–Crippen MR) is 88.9 cm³/mol. The molecule has 0 radical (unpaired) electrons. The molecule has 1 saturated carbocycles. The van der Waals surface area contributed by atoms with E-state index in [1.165, 1.54) is 12.3 Å². The van der Waals surface area contributed by atoms with Gasteiger partial charge in [-0.1, -0.05) is 24.1 Å². The Hall–Kier alpha value is -2.63. The molecule has 1 aromatic heterocycles. The Morgan fingerprint density at radius 3 is 2.79 bits per heavy atom. The van der Waals surface area contributed by atoms with Gasteiger partial charge in [0.2, 0.25) is 11.7 Å². The van der Waals surface area contributed by atoms with Gasteiger partial charge in [-0.3, -0.25) is 9.59 Å². The van der Waals surface area contributed by atoms with Crippen LogP contribution in [0, 0.1) is 5.92 Å². The van der Waals surface area contributed by atoms with Crippen molar-refractivity contribution in [1.29, 1.82) is 0 Å². The summed E-state index contributed by atoms with van der Waals surface area (Å²) in [5.74, 6) is 0.196. The van der Waals surface area contributed by atoms with E-state index < -0.39 is 0 Å². The van der Waals surface area contributed by atoms with E-state index in [-0.39, 0.29) is 23.5 Å². The SMILES string of the molecule is O=C(Nc1ccc2c(c1)N(C(=O)C1CCCC1)CC2)c1ccno1. The number of fused-ring (bicyclic) bond motifs is 1. The minimum Gasteiger partial charge on any atom is -0.351 e. The van der Waals surface area contributed by atoms with Gasteiger partial charge in [-0.2, -0.15) is 0 Å². The van der Waals surface area contributed by atoms with Crippen LogP contribution in [0.5, 0.6) is 0 Å². The summed E-state index contributed by atoms with van der Waals surface area (Å²) in [6.45, 7) is 0.726. The zero-order chi connectivity index (χ0) is 16.5. The van der Waals surface area contributed by atoms with Crippen LogP contribution in [0.15, 0.2) is 35.0 Å². The lowest BCUT2D eigenvalue weighted by Gasteiger charge is -2.21. The van der Waals surface area contributed by atoms with Gasteiger partial charge >= 0.3 is 0 Å². The third-order valence-electron chi connectivity index (χ3n) is 4.87. The largest absolute Gasteiger partial charge is 0.351 e. The van der Waals surface area contributed by atoms with E-state index in [0.717, 1.165) is 49.9 Å². The molecule has 2 amide bonds. The fourth-order valence-electron chi connectivity index (χ4n) is 3.60. The highest BCUT2D eigenvalue weighted by atomic mass is 16.5. The maximum atomic E-state index is 12.7. The highest BCUT2D eigenvalue weighted by Crippen LogP contribution is 2.35. The van der Waals surface area contributed by atoms with Crippen LogP contribution in [0.25, 0.3) is 0 Å². The highest BCUT2D eigenvalue weighted by Gasteiger charge is 2.32. The molecule has 2 heterocycles. The van der Waals surface area contributed by atoms with Crippen molar-refractivity contribution in [3.63, 3.8) is 0 Å². The molecule has 0 bridgehead atoms. The molecule has 0 atom stereocenters. The molecular weight excluding hydrogens is 306 g/mol. The third-order valence-corrected chi connectivity index (χ3v) is 4.87. The number of benzene rings is 1. The maximum Gasteiger partial charge on any atom is 0.294 e. The summed E-state index contributed by atoms with van der Waals surface area (Å²) < 4.78 is 4.86. The molecule has 2 aliphatic rings. The molecule has 0 saturated heterocycles. The number of hydrogen-bond donors (Lipinski definition) is 1. The van der Waals surface area contributed by atoms with Gasteiger partial charge in [0.1, 0.15) is 0 Å². The second-order valence-corrected chi connectivity index (χ2v) is 6.40. The zero-order valence-electron chi connectivity index (χ0n) is 13.3. The Bertz CT molecular complexity index is 764. The molecule has 0 unspecified atom stereocenters. The van der Waals surface area contributed by atoms with Crippen molar-refractivity contribution in [2.45, 2.75) is 32.1 Å². The van der Waals surface area contributed by atoms with Crippen LogP contribution in [-0.4, -0.2) is 23.5 Å². The van der Waals surface area contributed by atoms with Crippen molar-refractivity contribution in [3.05, 3.63) is 41.8 Å². The predicted octanol–water partition coefficient (Wildman–Crippen LogP) is 3.01. The number of nitrogens with one attached hydrogen (secondary N) is 1. The number of carbonyl (C=O) groups is 2. The molecule has 0 spiro atoms. The van der Waals surface area contributed by atoms with Gasteiger partial charge in [0.25, 0.3) is 5.91 Å². The van der Waals surface area contributed by atoms with Gasteiger partial charge in [0, 0.05) is 29.9 Å². The number of aromatic nitrogens is 1. The van der Waals surface area contributed by atoms with Gasteiger partial charge in [0.05, 0.1) is 6.20 Å². The van der Waals surface area contributed by atoms with Crippen molar-refractivity contribution in [1.82, 2.24) is 5.16 Å². The molecule has 24 heavy (non-hydrogen) atoms. The maximum absolute atomic E-state index is 12.7. The molecule has 1 aromatic carbocycles. The third kappa shape index (κ3) is 2.68. The molecule has 6 nitrogen and oxygen atoms in total. The van der Waals surface area contributed by atoms with E-state index in [2.05, 4.69) is 10.5 Å². The Labute approximate surface area is 139 Å². The smallest absolute Gasteiger partial charge is 0.294 e. The Balaban J connectivity index is 1.54. The fourth-order valence-corrected chi connectivity index (χ4v) is 3.60. The summed E-state index contributed by atoms with van der Waals surface area (Å²) in [5, 5.41) is 6.33. The van der Waals surface area contributed by atoms with E-state index in [1.807, 2.05) is 23.1 Å². The first kappa shape index (κ1) is 14.9. The van der Waals surface area contributed by atoms with Gasteiger partial charge in [-0.15, -0.1) is 0 Å². The van der Waals surface area contributed by atoms with Crippen LogP contribution in [0.2, 0.25) is 0 Å². The van der Waals surface area contributed by atoms with Crippen LogP contribution in [0.1, 0.15) is 41.8 Å². The van der Waals surface area contributed by atoms with Crippen molar-refractivity contribution in [3.8, 4) is 0 Å². The van der Waals surface area contributed by atoms with E-state index in [9.17, 15) is 9.59 Å². The quantitative estimate of drug-likeness (QED) is 0.941. The van der Waals surface area contributed by atoms with Crippen LogP contribution < -0.4 is 10.2 Å². The Kier molecular flexibility index (Phi) is 3.80. The van der Waals surface area contributed by atoms with E-state index >= 15 is 0 Å². The molecular formula is C18H19N3O3. The summed E-state index contributed by atoms with van der Waals surface area (Å²) in [7, 11) is 0. The van der Waals surface area contributed by atoms with Crippen molar-refractivity contribution >= 4 is 23.2 Å². The number of hydrogen-bond acceptors (Lipinski definition) is 4. The van der Waals surface area contributed by atoms with E-state index in [0.29, 0.717) is 5.69 Å². The Morgan fingerprint density at radius 2 is 2.04 bits per heavy atom. The highest BCUT2D eigenvalue weighted by molar-refractivity contribution is 6.03. The molecule has 2 aromatic rings. The van der Waals surface area contributed by atoms with Crippen molar-refractivity contribution < 1.29 is 14.1 Å². The van der Waals surface area contributed by atoms with E-state index in [4.69, 9.17) is 4.52 Å². The molecule has 1 fully saturated rings. The summed E-state index contributed by atoms with van der Waals surface area (Å²) in [5.41, 5.74) is 2.72. The van der Waals surface area contributed by atoms with Gasteiger partial charge in [0.15, 0.2) is 0 Å². The van der Waals surface area contributed by atoms with Crippen molar-refractivity contribution in [2.24, 2.45) is 5.92 Å². The first-order valence-corrected chi connectivity index (χ1v) is 8.39. The lowest BCUT2D eigenvalue weighted by Crippen LogP contribution is -2.33. The summed E-state index contributed by atoms with van der Waals surface area (Å²) >= 11 is 0. The van der Waals surface area contributed by atoms with Crippen molar-refractivity contribution in [2.75, 3.05) is 16.8 Å². The number of carbonyl (C=O) groups excluding carboxylic acids is 2. The average molecular weight is 325 g/mol. The second-order valence-electron chi connectivity index (χ2n) is 6.40. The molecule has 124 valence electrons. The summed E-state index contributed by atoms with van der Waals surface area (Å²) in [4.78, 5) is 26.7. The van der Waals surface area contributed by atoms with Crippen LogP contribution in [0.4, 0.5) is 11.4 Å². The minimum absolute atomic E-state index is 0.156. The standard InChI is InChI=1S/C18H19N3O3/c22-17(16-7-9-19-24-16)20-14-6-5-12-8-10-21(15(12)11-14)18(23)13-3-1-2-4-13/h5-7,9,11,13H,1-4,8,10H2,(H,20,22). The van der Waals surface area contributed by atoms with Crippen LogP contribution >= 0.6 is 0 Å². The minimum atomic E-state index is -0.348. The zero-order valence-corrected chi connectivity index (χ0v) is 13.3. The molecule has 1 aliphatic heterocycles. The topological polar surface area (TPSA) is 75.4 Å². The lowest BCUT2D eigenvalue weighted by molar-refractivity contribution is -0.122.